The molecule has 96 valence electrons. The molecular weight excluding hydrogens is 244 g/mol. The largest absolute Gasteiger partial charge is 0.387 e. The van der Waals surface area contributed by atoms with Crippen molar-refractivity contribution in [3.8, 4) is 0 Å². The molecule has 0 bridgehead atoms. The maximum absolute atomic E-state index is 11.8. The maximum atomic E-state index is 11.8. The molecule has 0 radical (unpaired) electrons. The third-order valence-corrected chi connectivity index (χ3v) is 4.05. The summed E-state index contributed by atoms with van der Waals surface area (Å²) in [5.74, 6) is 0. The predicted octanol–water partition coefficient (Wildman–Crippen LogP) is -1.58. The van der Waals surface area contributed by atoms with Crippen LogP contribution in [0.15, 0.2) is 17.6 Å². The van der Waals surface area contributed by atoms with Crippen LogP contribution in [0.1, 0.15) is 6.42 Å². The molecule has 1 fully saturated rings. The van der Waals surface area contributed by atoms with Crippen molar-refractivity contribution in [1.82, 2.24) is 19.6 Å². The molecule has 0 spiro atoms. The molecule has 1 atom stereocenters. The number of β-amino-alcohol motifs (C(OH)–C–C–N with tert-alkyl or cyclic N) is 1. The molecule has 1 aromatic rings. The third kappa shape index (κ3) is 2.83. The average molecular weight is 260 g/mol. The molecule has 17 heavy (non-hydrogen) atoms. The van der Waals surface area contributed by atoms with E-state index >= 15 is 0 Å². The number of aliphatic hydroxyl groups is 1. The van der Waals surface area contributed by atoms with Gasteiger partial charge < -0.3 is 15.0 Å². The Kier molecular flexibility index (Phi) is 3.21. The van der Waals surface area contributed by atoms with Gasteiger partial charge in [0.2, 0.25) is 0 Å². The van der Waals surface area contributed by atoms with Crippen LogP contribution >= 0.6 is 0 Å². The molecular formula is C9H16N4O3S. The molecule has 0 amide bonds. The van der Waals surface area contributed by atoms with Gasteiger partial charge >= 0.3 is 0 Å². The van der Waals surface area contributed by atoms with Crippen molar-refractivity contribution in [2.24, 2.45) is 7.05 Å². The summed E-state index contributed by atoms with van der Waals surface area (Å²) in [7, 11) is -1.94. The molecule has 7 nitrogen and oxygen atoms in total. The number of hydrogen-bond donors (Lipinski definition) is 3. The zero-order chi connectivity index (χ0) is 12.5. The van der Waals surface area contributed by atoms with Crippen molar-refractivity contribution in [2.45, 2.75) is 17.0 Å². The van der Waals surface area contributed by atoms with Crippen molar-refractivity contribution in [1.29, 1.82) is 0 Å². The Labute approximate surface area is 99.9 Å². The van der Waals surface area contributed by atoms with Gasteiger partial charge in [-0.05, 0) is 13.0 Å². The van der Waals surface area contributed by atoms with Gasteiger partial charge in [-0.1, -0.05) is 0 Å². The fourth-order valence-electron chi connectivity index (χ4n) is 1.71. The van der Waals surface area contributed by atoms with E-state index in [1.807, 2.05) is 0 Å². The van der Waals surface area contributed by atoms with E-state index in [1.165, 1.54) is 12.5 Å². The molecule has 0 aromatic carbocycles. The van der Waals surface area contributed by atoms with E-state index in [-0.39, 0.29) is 11.6 Å². The fourth-order valence-corrected chi connectivity index (χ4v) is 2.81. The van der Waals surface area contributed by atoms with Crippen LogP contribution in [0.5, 0.6) is 0 Å². The Morgan fingerprint density at radius 2 is 2.47 bits per heavy atom. The summed E-state index contributed by atoms with van der Waals surface area (Å²) in [5, 5.41) is 12.9. The minimum Gasteiger partial charge on any atom is -0.387 e. The Morgan fingerprint density at radius 3 is 3.00 bits per heavy atom. The lowest BCUT2D eigenvalue weighted by atomic mass is 10.1. The van der Waals surface area contributed by atoms with Crippen molar-refractivity contribution in [3.05, 3.63) is 12.5 Å². The number of nitrogens with zero attached hydrogens (tertiary/aromatic N) is 2. The van der Waals surface area contributed by atoms with Crippen molar-refractivity contribution < 1.29 is 13.5 Å². The van der Waals surface area contributed by atoms with Crippen molar-refractivity contribution >= 4 is 10.0 Å². The minimum atomic E-state index is -3.63. The highest BCUT2D eigenvalue weighted by molar-refractivity contribution is 7.89. The number of nitrogens with one attached hydrogen (secondary N) is 2. The molecule has 1 aliphatic heterocycles. The number of hydrogen-bond acceptors (Lipinski definition) is 5. The first-order chi connectivity index (χ1) is 7.91. The van der Waals surface area contributed by atoms with Crippen LogP contribution in [0, 0.1) is 0 Å². The molecule has 1 saturated heterocycles. The number of rotatable bonds is 4. The van der Waals surface area contributed by atoms with E-state index in [0.29, 0.717) is 19.5 Å². The van der Waals surface area contributed by atoms with E-state index in [4.69, 9.17) is 0 Å². The van der Waals surface area contributed by atoms with Crippen LogP contribution in [0.3, 0.4) is 0 Å². The van der Waals surface area contributed by atoms with E-state index < -0.39 is 15.6 Å². The highest BCUT2D eigenvalue weighted by Gasteiger charge is 2.32. The van der Waals surface area contributed by atoms with Gasteiger partial charge in [-0.2, -0.15) is 0 Å². The fraction of sp³-hybridized carbons (Fsp3) is 0.667. The van der Waals surface area contributed by atoms with E-state index in [9.17, 15) is 13.5 Å². The second-order valence-electron chi connectivity index (χ2n) is 4.35. The summed E-state index contributed by atoms with van der Waals surface area (Å²) in [6.07, 6.45) is 3.37. The first-order valence-corrected chi connectivity index (χ1v) is 6.80. The van der Waals surface area contributed by atoms with E-state index in [0.717, 1.165) is 0 Å². The van der Waals surface area contributed by atoms with Gasteiger partial charge in [-0.25, -0.2) is 18.1 Å². The first kappa shape index (κ1) is 12.5. The molecule has 3 N–H and O–H groups in total. The normalized spacial score (nSPS) is 25.3. The van der Waals surface area contributed by atoms with Gasteiger partial charge in [0.25, 0.3) is 10.0 Å². The van der Waals surface area contributed by atoms with Gasteiger partial charge in [0.1, 0.15) is 0 Å². The zero-order valence-corrected chi connectivity index (χ0v) is 10.4. The van der Waals surface area contributed by atoms with Crippen molar-refractivity contribution in [2.75, 3.05) is 19.6 Å². The summed E-state index contributed by atoms with van der Waals surface area (Å²) < 4.78 is 27.6. The molecule has 0 saturated carbocycles. The van der Waals surface area contributed by atoms with Crippen molar-refractivity contribution in [3.63, 3.8) is 0 Å². The lowest BCUT2D eigenvalue weighted by Gasteiger charge is -2.20. The predicted molar refractivity (Wildman–Crippen MR) is 60.8 cm³/mol. The Bertz CT molecular complexity index is 490. The Morgan fingerprint density at radius 1 is 1.71 bits per heavy atom. The second-order valence-corrected chi connectivity index (χ2v) is 6.07. The van der Waals surface area contributed by atoms with E-state index in [1.54, 1.807) is 11.6 Å². The molecule has 8 heteroatoms. The number of aryl methyl sites for hydroxylation is 1. The molecule has 1 aromatic heterocycles. The van der Waals surface area contributed by atoms with Gasteiger partial charge in [0, 0.05) is 26.3 Å². The molecule has 0 aliphatic carbocycles. The summed E-state index contributed by atoms with van der Waals surface area (Å²) in [5.41, 5.74) is -0.998. The quantitative estimate of drug-likeness (QED) is 0.607. The lowest BCUT2D eigenvalue weighted by molar-refractivity contribution is 0.0667. The topological polar surface area (TPSA) is 96.2 Å². The standard InChI is InChI=1S/C9H16N4O3S/c1-13-4-8(11-7-13)17(15,16)12-6-9(14)2-3-10-5-9/h4,7,10,12,14H,2-3,5-6H2,1H3. The van der Waals surface area contributed by atoms with Crippen LogP contribution in [-0.4, -0.2) is 48.3 Å². The molecule has 2 rings (SSSR count). The number of aromatic nitrogens is 2. The van der Waals surface area contributed by atoms with Crippen LogP contribution < -0.4 is 10.0 Å². The summed E-state index contributed by atoms with van der Waals surface area (Å²) in [6.45, 7) is 1.10. The van der Waals surface area contributed by atoms with Crippen LogP contribution in [0.25, 0.3) is 0 Å². The van der Waals surface area contributed by atoms with Gasteiger partial charge in [0.05, 0.1) is 11.9 Å². The Balaban J connectivity index is 2.03. The number of imidazole rings is 1. The van der Waals surface area contributed by atoms with Crippen LogP contribution in [0.2, 0.25) is 0 Å². The highest BCUT2D eigenvalue weighted by Crippen LogP contribution is 2.14. The SMILES string of the molecule is Cn1cnc(S(=O)(=O)NCC2(O)CCNC2)c1. The summed E-state index contributed by atoms with van der Waals surface area (Å²) in [6, 6.07) is 0. The summed E-state index contributed by atoms with van der Waals surface area (Å²) in [4.78, 5) is 3.77. The monoisotopic (exact) mass is 260 g/mol. The van der Waals surface area contributed by atoms with E-state index in [2.05, 4.69) is 15.0 Å². The molecule has 1 aliphatic rings. The first-order valence-electron chi connectivity index (χ1n) is 5.32. The third-order valence-electron chi connectivity index (χ3n) is 2.77. The second kappa shape index (κ2) is 4.37. The highest BCUT2D eigenvalue weighted by atomic mass is 32.2. The molecule has 2 heterocycles. The average Bonchev–Trinajstić information content (AvgIpc) is 2.86. The smallest absolute Gasteiger partial charge is 0.259 e. The lowest BCUT2D eigenvalue weighted by Crippen LogP contribution is -2.44. The molecule has 1 unspecified atom stereocenters. The van der Waals surface area contributed by atoms with Crippen LogP contribution in [0.4, 0.5) is 0 Å². The van der Waals surface area contributed by atoms with Gasteiger partial charge in [-0.15, -0.1) is 0 Å². The minimum absolute atomic E-state index is 0.00108. The van der Waals surface area contributed by atoms with Gasteiger partial charge in [-0.3, -0.25) is 0 Å². The zero-order valence-electron chi connectivity index (χ0n) is 9.55. The van der Waals surface area contributed by atoms with Crippen LogP contribution in [-0.2, 0) is 17.1 Å². The number of sulfonamides is 1. The maximum Gasteiger partial charge on any atom is 0.259 e. The van der Waals surface area contributed by atoms with Gasteiger partial charge in [0.15, 0.2) is 5.03 Å². The summed E-state index contributed by atoms with van der Waals surface area (Å²) >= 11 is 0. The Hall–Kier alpha value is -0.960.